The Hall–Kier alpha value is -1.26. The minimum atomic E-state index is -0.643. The van der Waals surface area contributed by atoms with E-state index in [9.17, 15) is 9.59 Å². The van der Waals surface area contributed by atoms with Crippen molar-refractivity contribution in [3.8, 4) is 0 Å². The van der Waals surface area contributed by atoms with Gasteiger partial charge in [-0.15, -0.1) is 0 Å². The zero-order valence-corrected chi connectivity index (χ0v) is 13.5. The molecule has 0 heterocycles. The first kappa shape index (κ1) is 16.1. The summed E-state index contributed by atoms with van der Waals surface area (Å²) in [7, 11) is 0. The van der Waals surface area contributed by atoms with Crippen molar-refractivity contribution in [2.45, 2.75) is 65.5 Å². The van der Waals surface area contributed by atoms with E-state index in [2.05, 4.69) is 12.2 Å². The van der Waals surface area contributed by atoms with Crippen LogP contribution in [0.4, 0.5) is 4.79 Å². The number of hydrogen-bond acceptors (Lipinski definition) is 4. The van der Waals surface area contributed by atoms with Gasteiger partial charge in [0.1, 0.15) is 12.1 Å². The van der Waals surface area contributed by atoms with E-state index in [1.54, 1.807) is 6.92 Å². The van der Waals surface area contributed by atoms with E-state index < -0.39 is 12.1 Å². The molecule has 1 N–H and O–H groups in total. The molecule has 0 spiro atoms. The largest absolute Gasteiger partial charge is 0.461 e. The van der Waals surface area contributed by atoms with Gasteiger partial charge in [0.05, 0.1) is 6.61 Å². The molecule has 0 bridgehead atoms. The van der Waals surface area contributed by atoms with E-state index in [1.807, 2.05) is 13.8 Å². The first-order valence-corrected chi connectivity index (χ1v) is 8.01. The molecular weight excluding hydrogens is 270 g/mol. The summed E-state index contributed by atoms with van der Waals surface area (Å²) in [6.07, 6.45) is 3.91. The van der Waals surface area contributed by atoms with E-state index in [1.165, 1.54) is 6.42 Å². The summed E-state index contributed by atoms with van der Waals surface area (Å²) >= 11 is 0. The number of amides is 1. The average Bonchev–Trinajstić information content (AvgIpc) is 2.59. The molecule has 2 fully saturated rings. The number of fused-ring (bicyclic) bond motifs is 1. The first-order valence-electron chi connectivity index (χ1n) is 8.01. The Balaban J connectivity index is 1.91. The smallest absolute Gasteiger partial charge is 0.407 e. The standard InChI is InChI=1S/C16H27NO4/c1-5-20-15(19)17-13(10(2)3)14(18)21-12-7-9-16(4)8-6-11(12)16/h10-13H,5-9H2,1-4H3,(H,17,19)/t11-,12+,13-,16+/m0/s1. The third-order valence-corrected chi connectivity index (χ3v) is 5.11. The van der Waals surface area contributed by atoms with E-state index >= 15 is 0 Å². The fourth-order valence-electron chi connectivity index (χ4n) is 3.58. The van der Waals surface area contributed by atoms with Crippen LogP contribution >= 0.6 is 0 Å². The van der Waals surface area contributed by atoms with Crippen LogP contribution in [0, 0.1) is 17.3 Å². The van der Waals surface area contributed by atoms with E-state index in [4.69, 9.17) is 9.47 Å². The monoisotopic (exact) mass is 297 g/mol. The van der Waals surface area contributed by atoms with Gasteiger partial charge in [-0.05, 0) is 43.9 Å². The minimum Gasteiger partial charge on any atom is -0.461 e. The highest BCUT2D eigenvalue weighted by atomic mass is 16.6. The van der Waals surface area contributed by atoms with Crippen LogP contribution in [-0.2, 0) is 14.3 Å². The lowest BCUT2D eigenvalue weighted by atomic mass is 9.63. The molecule has 2 saturated carbocycles. The molecule has 0 aromatic rings. The van der Waals surface area contributed by atoms with Crippen LogP contribution in [0.3, 0.4) is 0 Å². The predicted octanol–water partition coefficient (Wildman–Crippen LogP) is 2.88. The highest BCUT2D eigenvalue weighted by Gasteiger charge is 2.53. The Labute approximate surface area is 126 Å². The number of hydrogen-bond donors (Lipinski definition) is 1. The van der Waals surface area contributed by atoms with Gasteiger partial charge in [0.2, 0.25) is 0 Å². The fraction of sp³-hybridized carbons (Fsp3) is 0.875. The molecule has 21 heavy (non-hydrogen) atoms. The molecule has 2 aliphatic carbocycles. The second-order valence-corrected chi connectivity index (χ2v) is 6.90. The quantitative estimate of drug-likeness (QED) is 0.792. The number of carbonyl (C=O) groups excluding carboxylic acids is 2. The summed E-state index contributed by atoms with van der Waals surface area (Å²) in [6.45, 7) is 8.08. The molecule has 5 heteroatoms. The summed E-state index contributed by atoms with van der Waals surface area (Å²) in [5, 5.41) is 2.61. The van der Waals surface area contributed by atoms with Crippen LogP contribution in [0.5, 0.6) is 0 Å². The van der Waals surface area contributed by atoms with Gasteiger partial charge in [0.15, 0.2) is 0 Å². The summed E-state index contributed by atoms with van der Waals surface area (Å²) in [5.41, 5.74) is 0.368. The molecule has 120 valence electrons. The van der Waals surface area contributed by atoms with Gasteiger partial charge in [0.25, 0.3) is 0 Å². The maximum Gasteiger partial charge on any atom is 0.407 e. The first-order chi connectivity index (χ1) is 9.87. The van der Waals surface area contributed by atoms with Crippen molar-refractivity contribution >= 4 is 12.1 Å². The van der Waals surface area contributed by atoms with Gasteiger partial charge in [-0.1, -0.05) is 20.8 Å². The van der Waals surface area contributed by atoms with Crippen molar-refractivity contribution in [1.29, 1.82) is 0 Å². The Kier molecular flexibility index (Phi) is 4.79. The number of rotatable bonds is 5. The molecule has 5 nitrogen and oxygen atoms in total. The van der Waals surface area contributed by atoms with Crippen molar-refractivity contribution in [1.82, 2.24) is 5.32 Å². The predicted molar refractivity (Wildman–Crippen MR) is 78.7 cm³/mol. The van der Waals surface area contributed by atoms with Gasteiger partial charge in [0, 0.05) is 5.92 Å². The van der Waals surface area contributed by atoms with E-state index in [0.29, 0.717) is 11.3 Å². The molecule has 0 aliphatic heterocycles. The number of alkyl carbamates (subject to hydrolysis) is 1. The molecule has 0 aromatic carbocycles. The van der Waals surface area contributed by atoms with Crippen molar-refractivity contribution in [3.63, 3.8) is 0 Å². The zero-order valence-electron chi connectivity index (χ0n) is 13.5. The lowest BCUT2D eigenvalue weighted by Crippen LogP contribution is -2.48. The van der Waals surface area contributed by atoms with Crippen LogP contribution in [-0.4, -0.2) is 30.8 Å². The van der Waals surface area contributed by atoms with Gasteiger partial charge >= 0.3 is 12.1 Å². The number of nitrogens with one attached hydrogen (secondary N) is 1. The molecular formula is C16H27NO4. The molecule has 0 unspecified atom stereocenters. The molecule has 0 radical (unpaired) electrons. The molecule has 4 atom stereocenters. The van der Waals surface area contributed by atoms with Gasteiger partial charge in [-0.25, -0.2) is 9.59 Å². The van der Waals surface area contributed by atoms with E-state index in [-0.39, 0.29) is 24.6 Å². The van der Waals surface area contributed by atoms with Crippen LogP contribution in [0.2, 0.25) is 0 Å². The molecule has 0 aromatic heterocycles. The number of esters is 1. The maximum absolute atomic E-state index is 12.4. The van der Waals surface area contributed by atoms with Gasteiger partial charge < -0.3 is 14.8 Å². The zero-order chi connectivity index (χ0) is 15.6. The molecule has 2 rings (SSSR count). The summed E-state index contributed by atoms with van der Waals surface area (Å²) in [5.74, 6) is 0.132. The van der Waals surface area contributed by atoms with Crippen LogP contribution in [0.15, 0.2) is 0 Å². The average molecular weight is 297 g/mol. The Bertz CT molecular complexity index is 409. The Morgan fingerprint density at radius 3 is 2.43 bits per heavy atom. The SMILES string of the molecule is CCOC(=O)N[C@H](C(=O)O[C@@H]1CC[C@@]2(C)CC[C@@H]12)C(C)C. The topological polar surface area (TPSA) is 64.6 Å². The lowest BCUT2D eigenvalue weighted by molar-refractivity contribution is -0.157. The summed E-state index contributed by atoms with van der Waals surface area (Å²) in [6, 6.07) is -0.643. The van der Waals surface area contributed by atoms with Crippen molar-refractivity contribution < 1.29 is 19.1 Å². The Morgan fingerprint density at radius 2 is 1.95 bits per heavy atom. The third-order valence-electron chi connectivity index (χ3n) is 5.11. The normalized spacial score (nSPS) is 32.0. The molecule has 1 amide bonds. The van der Waals surface area contributed by atoms with Gasteiger partial charge in [-0.3, -0.25) is 0 Å². The number of ether oxygens (including phenoxy) is 2. The fourth-order valence-corrected chi connectivity index (χ4v) is 3.58. The lowest BCUT2D eigenvalue weighted by Gasteiger charge is -2.43. The van der Waals surface area contributed by atoms with Crippen molar-refractivity contribution in [3.05, 3.63) is 0 Å². The molecule has 0 saturated heterocycles. The molecule has 2 aliphatic rings. The van der Waals surface area contributed by atoms with Crippen molar-refractivity contribution in [2.24, 2.45) is 17.3 Å². The highest BCUT2D eigenvalue weighted by molar-refractivity contribution is 5.81. The van der Waals surface area contributed by atoms with Crippen LogP contribution in [0.25, 0.3) is 0 Å². The van der Waals surface area contributed by atoms with Crippen molar-refractivity contribution in [2.75, 3.05) is 6.61 Å². The summed E-state index contributed by atoms with van der Waals surface area (Å²) < 4.78 is 10.6. The van der Waals surface area contributed by atoms with Crippen LogP contribution in [0.1, 0.15) is 53.4 Å². The van der Waals surface area contributed by atoms with Gasteiger partial charge in [-0.2, -0.15) is 0 Å². The second-order valence-electron chi connectivity index (χ2n) is 6.90. The second kappa shape index (κ2) is 6.24. The minimum absolute atomic E-state index is 0.0153. The third kappa shape index (κ3) is 3.33. The maximum atomic E-state index is 12.4. The number of carbonyl (C=O) groups is 2. The highest BCUT2D eigenvalue weighted by Crippen LogP contribution is 2.58. The Morgan fingerprint density at radius 1 is 1.29 bits per heavy atom. The summed E-state index contributed by atoms with van der Waals surface area (Å²) in [4.78, 5) is 23.9. The van der Waals surface area contributed by atoms with E-state index in [0.717, 1.165) is 19.3 Å². The van der Waals surface area contributed by atoms with Crippen LogP contribution < -0.4 is 5.32 Å².